The molecule has 0 spiro atoms. The predicted molar refractivity (Wildman–Crippen MR) is 165 cm³/mol. The summed E-state index contributed by atoms with van der Waals surface area (Å²) in [5.41, 5.74) is 3.25. The lowest BCUT2D eigenvalue weighted by molar-refractivity contribution is -0.114. The Bertz CT molecular complexity index is 1730. The summed E-state index contributed by atoms with van der Waals surface area (Å²) in [6.07, 6.45) is 8.20. The molecular formula is C31H24Br2N4O5. The quantitative estimate of drug-likeness (QED) is 0.142. The average Bonchev–Trinajstić information content (AvgIpc) is 3.54. The Kier molecular flexibility index (Phi) is 9.09. The third kappa shape index (κ3) is 6.92. The third-order valence-electron chi connectivity index (χ3n) is 6.36. The Morgan fingerprint density at radius 3 is 2.43 bits per heavy atom. The largest absolute Gasteiger partial charge is 0.493 e. The molecule has 0 fully saturated rings. The van der Waals surface area contributed by atoms with Gasteiger partial charge < -0.3 is 14.4 Å². The average molecular weight is 692 g/mol. The number of hydrogen-bond acceptors (Lipinski definition) is 7. The third-order valence-corrected chi connectivity index (χ3v) is 7.35. The molecule has 1 aliphatic rings. The number of rotatable bonds is 11. The Labute approximate surface area is 258 Å². The number of halogens is 2. The molecule has 1 aromatic heterocycles. The summed E-state index contributed by atoms with van der Waals surface area (Å²) in [5, 5.41) is 8.26. The number of anilines is 1. The van der Waals surface area contributed by atoms with E-state index in [0.29, 0.717) is 35.0 Å². The van der Waals surface area contributed by atoms with Crippen molar-refractivity contribution < 1.29 is 23.9 Å². The minimum absolute atomic E-state index is 0.141. The zero-order valence-electron chi connectivity index (χ0n) is 22.4. The fraction of sp³-hybridized carbons (Fsp3) is 0.129. The van der Waals surface area contributed by atoms with Crippen LogP contribution in [0.4, 0.5) is 5.69 Å². The lowest BCUT2D eigenvalue weighted by Crippen LogP contribution is -2.32. The first-order chi connectivity index (χ1) is 20.3. The SMILES string of the molecule is COc1cc(/C=C/C(=O)/C=C/c2cccc(Br)c2)ccc1OCc1cn(CCN2C(=O)C(=O)c3cc(Br)ccc32)nn1. The topological polar surface area (TPSA) is 104 Å². The molecule has 5 rings (SSSR count). The van der Waals surface area contributed by atoms with Crippen LogP contribution in [-0.4, -0.2) is 46.1 Å². The molecule has 42 heavy (non-hydrogen) atoms. The van der Waals surface area contributed by atoms with E-state index < -0.39 is 11.7 Å². The fourth-order valence-corrected chi connectivity index (χ4v) is 5.07. The van der Waals surface area contributed by atoms with Gasteiger partial charge in [-0.15, -0.1) is 5.10 Å². The fourth-order valence-electron chi connectivity index (χ4n) is 4.29. The summed E-state index contributed by atoms with van der Waals surface area (Å²) >= 11 is 6.76. The summed E-state index contributed by atoms with van der Waals surface area (Å²) in [5.74, 6) is -0.207. The van der Waals surface area contributed by atoms with Crippen molar-refractivity contribution in [2.75, 3.05) is 18.6 Å². The lowest BCUT2D eigenvalue weighted by Gasteiger charge is -2.16. The highest BCUT2D eigenvalue weighted by Crippen LogP contribution is 2.31. The zero-order valence-corrected chi connectivity index (χ0v) is 25.5. The molecule has 1 amide bonds. The number of amides is 1. The standard InChI is InChI=1S/C31H24Br2N4O5/c1-41-29-16-21(6-10-25(38)9-5-20-3-2-4-22(32)15-20)7-12-28(29)42-19-24-18-36(35-34-24)13-14-37-27-11-8-23(33)17-26(27)30(39)31(37)40/h2-12,15-18H,13-14,19H2,1H3/b9-5+,10-6+. The van der Waals surface area contributed by atoms with Crippen LogP contribution in [0.5, 0.6) is 11.5 Å². The van der Waals surface area contributed by atoms with Crippen molar-refractivity contribution in [3.05, 3.63) is 110 Å². The molecule has 0 aliphatic carbocycles. The number of carbonyl (C=O) groups excluding carboxylic acids is 3. The van der Waals surface area contributed by atoms with E-state index in [1.54, 1.807) is 60.5 Å². The number of hydrogen-bond donors (Lipinski definition) is 0. The number of carbonyl (C=O) groups is 3. The molecule has 0 unspecified atom stereocenters. The molecule has 0 N–H and O–H groups in total. The van der Waals surface area contributed by atoms with Gasteiger partial charge in [-0.2, -0.15) is 0 Å². The maximum Gasteiger partial charge on any atom is 0.299 e. The van der Waals surface area contributed by atoms with Crippen molar-refractivity contribution in [3.8, 4) is 11.5 Å². The number of fused-ring (bicyclic) bond motifs is 1. The van der Waals surface area contributed by atoms with E-state index in [2.05, 4.69) is 42.2 Å². The van der Waals surface area contributed by atoms with Gasteiger partial charge in [-0.25, -0.2) is 0 Å². The van der Waals surface area contributed by atoms with E-state index in [0.717, 1.165) is 20.1 Å². The number of benzene rings is 3. The highest BCUT2D eigenvalue weighted by molar-refractivity contribution is 9.10. The first-order valence-electron chi connectivity index (χ1n) is 12.8. The second kappa shape index (κ2) is 13.1. The predicted octanol–water partition coefficient (Wildman–Crippen LogP) is 5.92. The van der Waals surface area contributed by atoms with Crippen molar-refractivity contribution in [3.63, 3.8) is 0 Å². The first kappa shape index (κ1) is 29.2. The van der Waals surface area contributed by atoms with Crippen LogP contribution in [-0.2, 0) is 22.7 Å². The van der Waals surface area contributed by atoms with Crippen molar-refractivity contribution in [2.45, 2.75) is 13.2 Å². The van der Waals surface area contributed by atoms with Gasteiger partial charge in [0.25, 0.3) is 11.7 Å². The molecule has 0 bridgehead atoms. The van der Waals surface area contributed by atoms with Crippen LogP contribution in [0, 0.1) is 0 Å². The van der Waals surface area contributed by atoms with Crippen molar-refractivity contribution in [1.82, 2.24) is 15.0 Å². The van der Waals surface area contributed by atoms with E-state index in [4.69, 9.17) is 9.47 Å². The highest BCUT2D eigenvalue weighted by Gasteiger charge is 2.35. The number of ether oxygens (including phenoxy) is 2. The summed E-state index contributed by atoms with van der Waals surface area (Å²) in [4.78, 5) is 38.5. The number of Topliss-reactive ketones (excluding diaryl/α,β-unsaturated/α-hetero) is 1. The molecule has 1 aliphatic heterocycles. The van der Waals surface area contributed by atoms with Crippen LogP contribution >= 0.6 is 31.9 Å². The Morgan fingerprint density at radius 2 is 1.67 bits per heavy atom. The van der Waals surface area contributed by atoms with Crippen LogP contribution in [0.1, 0.15) is 27.2 Å². The highest BCUT2D eigenvalue weighted by atomic mass is 79.9. The molecular weight excluding hydrogens is 668 g/mol. The van der Waals surface area contributed by atoms with E-state index in [1.807, 2.05) is 30.3 Å². The van der Waals surface area contributed by atoms with Crippen LogP contribution < -0.4 is 14.4 Å². The molecule has 212 valence electrons. The van der Waals surface area contributed by atoms with Crippen LogP contribution in [0.2, 0.25) is 0 Å². The molecule has 2 heterocycles. The van der Waals surface area contributed by atoms with Gasteiger partial charge in [0.15, 0.2) is 17.3 Å². The maximum atomic E-state index is 12.5. The van der Waals surface area contributed by atoms with E-state index >= 15 is 0 Å². The van der Waals surface area contributed by atoms with Crippen LogP contribution in [0.25, 0.3) is 12.2 Å². The molecule has 11 heteroatoms. The van der Waals surface area contributed by atoms with Gasteiger partial charge in [-0.3, -0.25) is 19.1 Å². The first-order valence-corrected chi connectivity index (χ1v) is 14.4. The van der Waals surface area contributed by atoms with Gasteiger partial charge in [0.05, 0.1) is 31.1 Å². The van der Waals surface area contributed by atoms with Gasteiger partial charge in [-0.1, -0.05) is 67.4 Å². The molecule has 0 saturated heterocycles. The Hall–Kier alpha value is -4.35. The lowest BCUT2D eigenvalue weighted by atomic mass is 10.1. The minimum Gasteiger partial charge on any atom is -0.493 e. The molecule has 0 atom stereocenters. The second-order valence-electron chi connectivity index (χ2n) is 9.24. The van der Waals surface area contributed by atoms with Crippen molar-refractivity contribution in [1.29, 1.82) is 0 Å². The normalized spacial score (nSPS) is 12.9. The summed E-state index contributed by atoms with van der Waals surface area (Å²) in [6.45, 7) is 0.763. The number of ketones is 2. The maximum absolute atomic E-state index is 12.5. The van der Waals surface area contributed by atoms with E-state index in [9.17, 15) is 14.4 Å². The number of aromatic nitrogens is 3. The molecule has 0 saturated carbocycles. The molecule has 9 nitrogen and oxygen atoms in total. The van der Waals surface area contributed by atoms with Gasteiger partial charge in [0, 0.05) is 15.5 Å². The van der Waals surface area contributed by atoms with Crippen LogP contribution in [0.3, 0.4) is 0 Å². The van der Waals surface area contributed by atoms with Gasteiger partial charge >= 0.3 is 0 Å². The number of nitrogens with zero attached hydrogens (tertiary/aromatic N) is 4. The molecule has 4 aromatic rings. The zero-order chi connectivity index (χ0) is 29.6. The van der Waals surface area contributed by atoms with Crippen molar-refractivity contribution >= 4 is 67.2 Å². The van der Waals surface area contributed by atoms with E-state index in [-0.39, 0.29) is 18.9 Å². The van der Waals surface area contributed by atoms with Crippen molar-refractivity contribution in [2.24, 2.45) is 0 Å². The second-order valence-corrected chi connectivity index (χ2v) is 11.1. The summed E-state index contributed by atoms with van der Waals surface area (Å²) in [7, 11) is 1.54. The van der Waals surface area contributed by atoms with Gasteiger partial charge in [-0.05, 0) is 65.7 Å². The Morgan fingerprint density at radius 1 is 0.905 bits per heavy atom. The van der Waals surface area contributed by atoms with E-state index in [1.165, 1.54) is 17.1 Å². The number of allylic oxidation sites excluding steroid dienone is 2. The Balaban J connectivity index is 1.16. The summed E-state index contributed by atoms with van der Waals surface area (Å²) < 4.78 is 14.7. The van der Waals surface area contributed by atoms with Gasteiger partial charge in [0.1, 0.15) is 12.3 Å². The molecule has 0 radical (unpaired) electrons. The minimum atomic E-state index is -0.557. The smallest absolute Gasteiger partial charge is 0.299 e. The summed E-state index contributed by atoms with van der Waals surface area (Å²) in [6, 6.07) is 18.2. The van der Waals surface area contributed by atoms with Gasteiger partial charge in [0.2, 0.25) is 0 Å². The van der Waals surface area contributed by atoms with Crippen LogP contribution in [0.15, 0.2) is 88.0 Å². The molecule has 3 aromatic carbocycles. The monoisotopic (exact) mass is 690 g/mol. The number of methoxy groups -OCH3 is 1.